The first-order valence-corrected chi connectivity index (χ1v) is 8.06. The van der Waals surface area contributed by atoms with Crippen molar-refractivity contribution in [2.75, 3.05) is 11.1 Å². The van der Waals surface area contributed by atoms with Crippen LogP contribution in [-0.2, 0) is 9.59 Å². The first kappa shape index (κ1) is 14.3. The highest BCUT2D eigenvalue weighted by Gasteiger charge is 2.23. The number of primary amides is 1. The lowest BCUT2D eigenvalue weighted by Gasteiger charge is -2.07. The lowest BCUT2D eigenvalue weighted by atomic mass is 10.1. The van der Waals surface area contributed by atoms with Crippen LogP contribution in [0.3, 0.4) is 0 Å². The summed E-state index contributed by atoms with van der Waals surface area (Å²) >= 11 is 2.77. The highest BCUT2D eigenvalue weighted by molar-refractivity contribution is 8.01. The summed E-state index contributed by atoms with van der Waals surface area (Å²) in [6, 6.07) is 0. The van der Waals surface area contributed by atoms with Gasteiger partial charge >= 0.3 is 0 Å². The normalized spacial score (nSPS) is 15.6. The average Bonchev–Trinajstić information content (AvgIpc) is 2.96. The maximum absolute atomic E-state index is 12.0. The molecule has 1 aliphatic rings. The third-order valence-electron chi connectivity index (χ3n) is 3.06. The van der Waals surface area contributed by atoms with Gasteiger partial charge in [0.15, 0.2) is 5.13 Å². The Kier molecular flexibility index (Phi) is 4.81. The molecule has 5 nitrogen and oxygen atoms in total. The standard InChI is InChI=1S/C12H17N3O2S2/c1-7-11(18-6-9(13)16)19-12(14-7)15-10(17)8-4-2-3-5-8/h8H,2-6H2,1H3,(H2,13,16)(H,14,15,17). The van der Waals surface area contributed by atoms with Gasteiger partial charge < -0.3 is 11.1 Å². The zero-order valence-corrected chi connectivity index (χ0v) is 12.4. The molecule has 1 saturated carbocycles. The van der Waals surface area contributed by atoms with E-state index in [0.717, 1.165) is 35.6 Å². The molecule has 1 aromatic heterocycles. The van der Waals surface area contributed by atoms with E-state index >= 15 is 0 Å². The molecule has 1 aromatic rings. The minimum absolute atomic E-state index is 0.0673. The largest absolute Gasteiger partial charge is 0.369 e. The predicted molar refractivity (Wildman–Crippen MR) is 77.4 cm³/mol. The number of nitrogens with two attached hydrogens (primary N) is 1. The molecule has 2 amide bonds. The van der Waals surface area contributed by atoms with Crippen molar-refractivity contribution in [2.45, 2.75) is 36.8 Å². The topological polar surface area (TPSA) is 85.1 Å². The second-order valence-electron chi connectivity index (χ2n) is 4.62. The predicted octanol–water partition coefficient (Wildman–Crippen LogP) is 2.16. The number of nitrogens with one attached hydrogen (secondary N) is 1. The Morgan fingerprint density at radius 1 is 1.47 bits per heavy atom. The van der Waals surface area contributed by atoms with Crippen molar-refractivity contribution in [3.8, 4) is 0 Å². The van der Waals surface area contributed by atoms with Gasteiger partial charge in [-0.05, 0) is 19.8 Å². The molecule has 104 valence electrons. The number of carbonyl (C=O) groups excluding carboxylic acids is 2. The minimum atomic E-state index is -0.352. The second kappa shape index (κ2) is 6.38. The number of rotatable bonds is 5. The van der Waals surface area contributed by atoms with Crippen LogP contribution in [0.25, 0.3) is 0 Å². The molecule has 1 fully saturated rings. The summed E-state index contributed by atoms with van der Waals surface area (Å²) in [5.74, 6) is 0.0805. The summed E-state index contributed by atoms with van der Waals surface area (Å²) in [7, 11) is 0. The van der Waals surface area contributed by atoms with E-state index in [1.807, 2.05) is 6.92 Å². The average molecular weight is 299 g/mol. The maximum Gasteiger partial charge on any atom is 0.229 e. The van der Waals surface area contributed by atoms with Crippen molar-refractivity contribution >= 4 is 40.0 Å². The van der Waals surface area contributed by atoms with Crippen LogP contribution in [0.4, 0.5) is 5.13 Å². The summed E-state index contributed by atoms with van der Waals surface area (Å²) in [6.45, 7) is 1.87. The molecule has 0 saturated heterocycles. The van der Waals surface area contributed by atoms with Crippen LogP contribution < -0.4 is 11.1 Å². The molecule has 2 rings (SSSR count). The van der Waals surface area contributed by atoms with E-state index in [1.165, 1.54) is 23.1 Å². The van der Waals surface area contributed by atoms with Crippen LogP contribution >= 0.6 is 23.1 Å². The van der Waals surface area contributed by atoms with E-state index in [9.17, 15) is 9.59 Å². The SMILES string of the molecule is Cc1nc(NC(=O)C2CCCC2)sc1SCC(N)=O. The molecule has 0 radical (unpaired) electrons. The van der Waals surface area contributed by atoms with Crippen LogP contribution in [0.5, 0.6) is 0 Å². The van der Waals surface area contributed by atoms with E-state index in [1.54, 1.807) is 0 Å². The Labute approximate surface area is 120 Å². The molecule has 0 bridgehead atoms. The van der Waals surface area contributed by atoms with Crippen LogP contribution in [0.1, 0.15) is 31.4 Å². The van der Waals surface area contributed by atoms with Crippen molar-refractivity contribution in [3.05, 3.63) is 5.69 Å². The Bertz CT molecular complexity index is 481. The summed E-state index contributed by atoms with van der Waals surface area (Å²) in [5, 5.41) is 3.48. The highest BCUT2D eigenvalue weighted by atomic mass is 32.2. The van der Waals surface area contributed by atoms with Crippen molar-refractivity contribution in [3.63, 3.8) is 0 Å². The lowest BCUT2D eigenvalue weighted by molar-refractivity contribution is -0.119. The molecular formula is C12H17N3O2S2. The molecule has 0 aliphatic heterocycles. The van der Waals surface area contributed by atoms with Gasteiger partial charge in [-0.2, -0.15) is 0 Å². The molecule has 1 aliphatic carbocycles. The van der Waals surface area contributed by atoms with Crippen LogP contribution in [0, 0.1) is 12.8 Å². The van der Waals surface area contributed by atoms with Gasteiger partial charge in [0, 0.05) is 5.92 Å². The van der Waals surface area contributed by atoms with Crippen LogP contribution in [0.2, 0.25) is 0 Å². The summed E-state index contributed by atoms with van der Waals surface area (Å²) in [6.07, 6.45) is 4.21. The molecule has 3 N–H and O–H groups in total. The minimum Gasteiger partial charge on any atom is -0.369 e. The fourth-order valence-electron chi connectivity index (χ4n) is 2.10. The van der Waals surface area contributed by atoms with Gasteiger partial charge in [0.25, 0.3) is 0 Å². The summed E-state index contributed by atoms with van der Waals surface area (Å²) in [4.78, 5) is 27.0. The number of amides is 2. The molecule has 0 aromatic carbocycles. The lowest BCUT2D eigenvalue weighted by Crippen LogP contribution is -2.20. The van der Waals surface area contributed by atoms with E-state index in [2.05, 4.69) is 10.3 Å². The Balaban J connectivity index is 1.95. The molecule has 0 unspecified atom stereocenters. The summed E-state index contributed by atoms with van der Waals surface area (Å²) in [5.41, 5.74) is 5.95. The van der Waals surface area contributed by atoms with Gasteiger partial charge in [0.05, 0.1) is 15.7 Å². The monoisotopic (exact) mass is 299 g/mol. The fraction of sp³-hybridized carbons (Fsp3) is 0.583. The van der Waals surface area contributed by atoms with Crippen molar-refractivity contribution in [2.24, 2.45) is 11.7 Å². The van der Waals surface area contributed by atoms with E-state index in [-0.39, 0.29) is 23.5 Å². The van der Waals surface area contributed by atoms with E-state index in [0.29, 0.717) is 5.13 Å². The number of aryl methyl sites for hydroxylation is 1. The fourth-order valence-corrected chi connectivity index (χ4v) is 3.98. The van der Waals surface area contributed by atoms with Gasteiger partial charge in [-0.25, -0.2) is 4.98 Å². The van der Waals surface area contributed by atoms with Crippen LogP contribution in [0.15, 0.2) is 4.21 Å². The van der Waals surface area contributed by atoms with E-state index < -0.39 is 0 Å². The summed E-state index contributed by atoms with van der Waals surface area (Å²) < 4.78 is 0.931. The molecule has 0 spiro atoms. The Hall–Kier alpha value is -1.08. The van der Waals surface area contributed by atoms with Crippen molar-refractivity contribution in [1.82, 2.24) is 4.98 Å². The number of hydrogen-bond acceptors (Lipinski definition) is 5. The van der Waals surface area contributed by atoms with Gasteiger partial charge in [-0.1, -0.05) is 24.2 Å². The molecule has 0 atom stereocenters. The van der Waals surface area contributed by atoms with Gasteiger partial charge in [-0.3, -0.25) is 9.59 Å². The second-order valence-corrected chi connectivity index (χ2v) is 6.86. The smallest absolute Gasteiger partial charge is 0.229 e. The molecule has 19 heavy (non-hydrogen) atoms. The first-order valence-electron chi connectivity index (χ1n) is 6.25. The number of hydrogen-bond donors (Lipinski definition) is 2. The number of aromatic nitrogens is 1. The van der Waals surface area contributed by atoms with Crippen molar-refractivity contribution < 1.29 is 9.59 Å². The number of anilines is 1. The maximum atomic E-state index is 12.0. The Morgan fingerprint density at radius 3 is 2.79 bits per heavy atom. The molecule has 1 heterocycles. The third-order valence-corrected chi connectivity index (χ3v) is 5.51. The Morgan fingerprint density at radius 2 is 2.16 bits per heavy atom. The van der Waals surface area contributed by atoms with Gasteiger partial charge in [-0.15, -0.1) is 11.8 Å². The number of thioether (sulfide) groups is 1. The third kappa shape index (κ3) is 3.94. The first-order chi connectivity index (χ1) is 9.06. The van der Waals surface area contributed by atoms with Crippen LogP contribution in [-0.4, -0.2) is 22.6 Å². The van der Waals surface area contributed by atoms with Gasteiger partial charge in [0.2, 0.25) is 11.8 Å². The molecular weight excluding hydrogens is 282 g/mol. The molecule has 7 heteroatoms. The van der Waals surface area contributed by atoms with E-state index in [4.69, 9.17) is 5.73 Å². The number of carbonyl (C=O) groups is 2. The number of thiazole rings is 1. The zero-order valence-electron chi connectivity index (χ0n) is 10.8. The quantitative estimate of drug-likeness (QED) is 0.816. The number of nitrogens with zero attached hydrogens (tertiary/aromatic N) is 1. The van der Waals surface area contributed by atoms with Crippen molar-refractivity contribution in [1.29, 1.82) is 0 Å². The van der Waals surface area contributed by atoms with Gasteiger partial charge in [0.1, 0.15) is 0 Å². The highest BCUT2D eigenvalue weighted by Crippen LogP contribution is 2.33. The zero-order chi connectivity index (χ0) is 13.8.